The second-order valence-electron chi connectivity index (χ2n) is 5.85. The van der Waals surface area contributed by atoms with E-state index in [1.165, 1.54) is 6.42 Å². The summed E-state index contributed by atoms with van der Waals surface area (Å²) in [5.41, 5.74) is 1.18. The van der Waals surface area contributed by atoms with Gasteiger partial charge in [0.2, 0.25) is 0 Å². The van der Waals surface area contributed by atoms with Gasteiger partial charge in [-0.3, -0.25) is 9.36 Å². The molecule has 1 saturated carbocycles. The average Bonchev–Trinajstić information content (AvgIpc) is 2.48. The lowest BCUT2D eigenvalue weighted by Crippen LogP contribution is -2.31. The summed E-state index contributed by atoms with van der Waals surface area (Å²) in [5, 5.41) is 14.3. The Hall–Kier alpha value is -2.04. The topological polar surface area (TPSA) is 69.9 Å². The second-order valence-corrected chi connectivity index (χ2v) is 5.85. The van der Waals surface area contributed by atoms with E-state index in [9.17, 15) is 4.79 Å². The molecule has 1 fully saturated rings. The van der Waals surface area contributed by atoms with E-state index in [0.29, 0.717) is 17.4 Å². The molecule has 0 bridgehead atoms. The Bertz CT molecular complexity index is 612. The summed E-state index contributed by atoms with van der Waals surface area (Å²) in [4.78, 5) is 12.5. The minimum atomic E-state index is -0.0105. The molecule has 0 spiro atoms. The van der Waals surface area contributed by atoms with Gasteiger partial charge in [0.25, 0.3) is 5.56 Å². The predicted octanol–water partition coefficient (Wildman–Crippen LogP) is 3.23. The van der Waals surface area contributed by atoms with Gasteiger partial charge < -0.3 is 16.0 Å². The van der Waals surface area contributed by atoms with Crippen LogP contribution in [0.1, 0.15) is 57.6 Å². The van der Waals surface area contributed by atoms with Gasteiger partial charge in [-0.05, 0) is 32.8 Å². The van der Waals surface area contributed by atoms with Crippen molar-refractivity contribution >= 4 is 11.5 Å². The van der Waals surface area contributed by atoms with Gasteiger partial charge in [-0.25, -0.2) is 0 Å². The van der Waals surface area contributed by atoms with Crippen LogP contribution in [-0.2, 0) is 0 Å². The number of hydrogen-bond donors (Lipinski definition) is 3. The van der Waals surface area contributed by atoms with Crippen molar-refractivity contribution in [2.24, 2.45) is 0 Å². The van der Waals surface area contributed by atoms with Gasteiger partial charge >= 0.3 is 0 Å². The van der Waals surface area contributed by atoms with Crippen LogP contribution in [0.5, 0.6) is 0 Å². The maximum absolute atomic E-state index is 12.5. The highest BCUT2D eigenvalue weighted by Crippen LogP contribution is 2.30. The van der Waals surface area contributed by atoms with Crippen LogP contribution in [0.4, 0.5) is 5.82 Å². The van der Waals surface area contributed by atoms with Crippen molar-refractivity contribution < 1.29 is 0 Å². The molecular weight excluding hydrogens is 276 g/mol. The largest absolute Gasteiger partial charge is 0.372 e. The number of nitrogens with one attached hydrogen (secondary N) is 3. The molecule has 2 rings (SSSR count). The molecular formula is C17H26N4O. The molecule has 0 saturated heterocycles. The van der Waals surface area contributed by atoms with Crippen LogP contribution in [0.25, 0.3) is 0 Å². The standard InChI is InChI=1S/C17H26N4O/c1-4-19-13(3)20-17-15(12(2)18)10-11-16(22)21(17)14-8-6-5-7-9-14/h10-11,14,18-20H,3-9H2,1-2H3. The van der Waals surface area contributed by atoms with E-state index in [4.69, 9.17) is 5.41 Å². The highest BCUT2D eigenvalue weighted by atomic mass is 16.1. The quantitative estimate of drug-likeness (QED) is 0.707. The molecule has 0 aromatic carbocycles. The number of rotatable bonds is 6. The molecule has 120 valence electrons. The van der Waals surface area contributed by atoms with Crippen molar-refractivity contribution in [3.05, 3.63) is 40.4 Å². The maximum atomic E-state index is 12.5. The SMILES string of the molecule is C=C(NCC)Nc1c(C(C)=N)ccc(=O)n1C1CCCCC1. The lowest BCUT2D eigenvalue weighted by Gasteiger charge is -2.28. The molecule has 3 N–H and O–H groups in total. The number of aromatic nitrogens is 1. The van der Waals surface area contributed by atoms with E-state index in [1.807, 2.05) is 11.5 Å². The van der Waals surface area contributed by atoms with Crippen LogP contribution < -0.4 is 16.2 Å². The van der Waals surface area contributed by atoms with Crippen LogP contribution >= 0.6 is 0 Å². The summed E-state index contributed by atoms with van der Waals surface area (Å²) in [6, 6.07) is 3.51. The summed E-state index contributed by atoms with van der Waals surface area (Å²) in [5.74, 6) is 1.35. The normalized spacial score (nSPS) is 15.4. The molecule has 5 nitrogen and oxygen atoms in total. The Morgan fingerprint density at radius 1 is 1.36 bits per heavy atom. The molecule has 0 aliphatic heterocycles. The van der Waals surface area contributed by atoms with E-state index in [-0.39, 0.29) is 11.6 Å². The third kappa shape index (κ3) is 3.59. The molecule has 0 unspecified atom stereocenters. The molecule has 0 amide bonds. The van der Waals surface area contributed by atoms with Crippen LogP contribution in [0.2, 0.25) is 0 Å². The Morgan fingerprint density at radius 3 is 2.64 bits per heavy atom. The van der Waals surface area contributed by atoms with E-state index in [0.717, 1.165) is 37.8 Å². The zero-order chi connectivity index (χ0) is 16.1. The summed E-state index contributed by atoms with van der Waals surface area (Å²) in [6.45, 7) is 8.44. The fourth-order valence-corrected chi connectivity index (χ4v) is 3.09. The van der Waals surface area contributed by atoms with Crippen LogP contribution in [0.3, 0.4) is 0 Å². The number of nitrogens with zero attached hydrogens (tertiary/aromatic N) is 1. The van der Waals surface area contributed by atoms with E-state index >= 15 is 0 Å². The van der Waals surface area contributed by atoms with E-state index < -0.39 is 0 Å². The van der Waals surface area contributed by atoms with Gasteiger partial charge in [-0.1, -0.05) is 25.8 Å². The van der Waals surface area contributed by atoms with Crippen molar-refractivity contribution in [2.75, 3.05) is 11.9 Å². The van der Waals surface area contributed by atoms with Crippen LogP contribution in [0.15, 0.2) is 29.3 Å². The van der Waals surface area contributed by atoms with Crippen molar-refractivity contribution in [1.82, 2.24) is 9.88 Å². The summed E-state index contributed by atoms with van der Waals surface area (Å²) in [7, 11) is 0. The smallest absolute Gasteiger partial charge is 0.252 e. The maximum Gasteiger partial charge on any atom is 0.252 e. The van der Waals surface area contributed by atoms with Gasteiger partial charge in [-0.2, -0.15) is 0 Å². The minimum Gasteiger partial charge on any atom is -0.372 e. The van der Waals surface area contributed by atoms with Crippen molar-refractivity contribution in [1.29, 1.82) is 5.41 Å². The second kappa shape index (κ2) is 7.29. The summed E-state index contributed by atoms with van der Waals surface area (Å²) >= 11 is 0. The molecule has 1 aromatic rings. The van der Waals surface area contributed by atoms with Gasteiger partial charge in [0.15, 0.2) is 0 Å². The molecule has 1 heterocycles. The third-order valence-electron chi connectivity index (χ3n) is 4.13. The van der Waals surface area contributed by atoms with Crippen LogP contribution in [0, 0.1) is 5.41 Å². The highest BCUT2D eigenvalue weighted by molar-refractivity contribution is 6.00. The molecule has 1 aromatic heterocycles. The molecule has 0 atom stereocenters. The molecule has 22 heavy (non-hydrogen) atoms. The van der Waals surface area contributed by atoms with Crippen LogP contribution in [-0.4, -0.2) is 16.8 Å². The molecule has 5 heteroatoms. The lowest BCUT2D eigenvalue weighted by atomic mass is 9.94. The average molecular weight is 302 g/mol. The van der Waals surface area contributed by atoms with Crippen molar-refractivity contribution in [2.45, 2.75) is 52.0 Å². The van der Waals surface area contributed by atoms with Gasteiger partial charge in [0.05, 0.1) is 5.82 Å². The minimum absolute atomic E-state index is 0.0105. The van der Waals surface area contributed by atoms with Crippen molar-refractivity contribution in [3.63, 3.8) is 0 Å². The van der Waals surface area contributed by atoms with E-state index in [2.05, 4.69) is 17.2 Å². The number of anilines is 1. The Balaban J connectivity index is 2.48. The highest BCUT2D eigenvalue weighted by Gasteiger charge is 2.21. The fourth-order valence-electron chi connectivity index (χ4n) is 3.09. The van der Waals surface area contributed by atoms with E-state index in [1.54, 1.807) is 19.1 Å². The van der Waals surface area contributed by atoms with Crippen molar-refractivity contribution in [3.8, 4) is 0 Å². The zero-order valence-electron chi connectivity index (χ0n) is 13.5. The number of hydrogen-bond acceptors (Lipinski definition) is 4. The zero-order valence-corrected chi connectivity index (χ0v) is 13.5. The Kier molecular flexibility index (Phi) is 5.41. The number of pyridine rings is 1. The molecule has 1 aliphatic carbocycles. The van der Waals surface area contributed by atoms with Gasteiger partial charge in [0, 0.05) is 29.9 Å². The fraction of sp³-hybridized carbons (Fsp3) is 0.529. The van der Waals surface area contributed by atoms with Gasteiger partial charge in [-0.15, -0.1) is 0 Å². The summed E-state index contributed by atoms with van der Waals surface area (Å²) in [6.07, 6.45) is 5.57. The first-order chi connectivity index (χ1) is 10.5. The van der Waals surface area contributed by atoms with Gasteiger partial charge in [0.1, 0.15) is 5.82 Å². The molecule has 1 aliphatic rings. The summed E-state index contributed by atoms with van der Waals surface area (Å²) < 4.78 is 1.83. The Labute approximate surface area is 131 Å². The first-order valence-corrected chi connectivity index (χ1v) is 8.05. The molecule has 0 radical (unpaired) electrons. The first kappa shape index (κ1) is 16.3. The monoisotopic (exact) mass is 302 g/mol. The Morgan fingerprint density at radius 2 is 2.05 bits per heavy atom. The predicted molar refractivity (Wildman–Crippen MR) is 91.8 cm³/mol. The third-order valence-corrected chi connectivity index (χ3v) is 4.13. The lowest BCUT2D eigenvalue weighted by molar-refractivity contribution is 0.349. The first-order valence-electron chi connectivity index (χ1n) is 8.05.